The molecule has 4 aliphatic rings. The predicted octanol–water partition coefficient (Wildman–Crippen LogP) is 5.85. The Labute approximate surface area is 274 Å². The fraction of sp³-hybridized carbons (Fsp3) is 0.528. The second-order valence-electron chi connectivity index (χ2n) is 14.4. The third-order valence-corrected chi connectivity index (χ3v) is 9.85. The third kappa shape index (κ3) is 6.00. The summed E-state index contributed by atoms with van der Waals surface area (Å²) in [4.78, 5) is 64.1. The molecule has 7 rings (SSSR count). The lowest BCUT2D eigenvalue weighted by molar-refractivity contribution is -0.150. The number of Topliss-reactive ketones (excluding diaryl/α,β-unsaturated/α-hetero) is 1. The SMILES string of the molecule is CCN(C(=O)c1cc(F)ccc1-n1cc(C(=O)C2CN(C(=O)[C@H]3C4CCC(CC4)N3C(=O)OC(C)(C)C)C2)c2ccncc21)C(C)C. The molecule has 1 saturated carbocycles. The lowest BCUT2D eigenvalue weighted by Crippen LogP contribution is -2.66. The maximum atomic E-state index is 14.5. The highest BCUT2D eigenvalue weighted by atomic mass is 19.1. The van der Waals surface area contributed by atoms with Crippen LogP contribution in [0.4, 0.5) is 9.18 Å². The van der Waals surface area contributed by atoms with Gasteiger partial charge in [-0.1, -0.05) is 0 Å². The van der Waals surface area contributed by atoms with Gasteiger partial charge in [0.25, 0.3) is 5.91 Å². The molecule has 11 heteroatoms. The molecule has 10 nitrogen and oxygen atoms in total. The van der Waals surface area contributed by atoms with Gasteiger partial charge in [0.2, 0.25) is 5.91 Å². The minimum Gasteiger partial charge on any atom is -0.444 e. The first kappa shape index (κ1) is 32.7. The van der Waals surface area contributed by atoms with E-state index in [9.17, 15) is 23.6 Å². The molecule has 1 atom stereocenters. The number of carbonyl (C=O) groups excluding carboxylic acids is 4. The number of likely N-dealkylation sites (tertiary alicyclic amines) is 1. The van der Waals surface area contributed by atoms with Crippen LogP contribution < -0.4 is 0 Å². The number of carbonyl (C=O) groups is 4. The van der Waals surface area contributed by atoms with Crippen LogP contribution in [0.15, 0.2) is 42.9 Å². The van der Waals surface area contributed by atoms with Crippen molar-refractivity contribution in [2.24, 2.45) is 11.8 Å². The van der Waals surface area contributed by atoms with Crippen molar-refractivity contribution in [1.82, 2.24) is 24.3 Å². The van der Waals surface area contributed by atoms with Crippen molar-refractivity contribution in [1.29, 1.82) is 0 Å². The van der Waals surface area contributed by atoms with E-state index in [0.717, 1.165) is 25.7 Å². The summed E-state index contributed by atoms with van der Waals surface area (Å²) in [6.07, 6.45) is 8.00. The van der Waals surface area contributed by atoms with Gasteiger partial charge in [0, 0.05) is 55.1 Å². The Balaban J connectivity index is 1.25. The van der Waals surface area contributed by atoms with Gasteiger partial charge >= 0.3 is 6.09 Å². The van der Waals surface area contributed by atoms with Crippen molar-refractivity contribution in [3.63, 3.8) is 0 Å². The maximum absolute atomic E-state index is 14.5. The van der Waals surface area contributed by atoms with E-state index in [4.69, 9.17) is 4.74 Å². The smallest absolute Gasteiger partial charge is 0.411 e. The molecular formula is C36H44FN5O5. The second-order valence-corrected chi connectivity index (χ2v) is 14.4. The molecule has 0 spiro atoms. The molecule has 250 valence electrons. The number of aromatic nitrogens is 2. The largest absolute Gasteiger partial charge is 0.444 e. The van der Waals surface area contributed by atoms with E-state index in [1.165, 1.54) is 12.1 Å². The van der Waals surface area contributed by atoms with Crippen molar-refractivity contribution < 1.29 is 28.3 Å². The van der Waals surface area contributed by atoms with Crippen LogP contribution in [-0.4, -0.2) is 91.3 Å². The van der Waals surface area contributed by atoms with Crippen LogP contribution in [0.2, 0.25) is 0 Å². The molecule has 0 N–H and O–H groups in total. The van der Waals surface area contributed by atoms with Gasteiger partial charge < -0.3 is 19.1 Å². The van der Waals surface area contributed by atoms with Gasteiger partial charge in [0.05, 0.1) is 28.9 Å². The number of pyridine rings is 1. The van der Waals surface area contributed by atoms with Gasteiger partial charge in [-0.25, -0.2) is 9.18 Å². The summed E-state index contributed by atoms with van der Waals surface area (Å²) in [5, 5.41) is 0.661. The number of hydrogen-bond acceptors (Lipinski definition) is 6. The molecule has 2 bridgehead atoms. The fourth-order valence-electron chi connectivity index (χ4n) is 7.54. The molecular weight excluding hydrogens is 601 g/mol. The minimum absolute atomic E-state index is 0.0181. The Hall–Kier alpha value is -4.28. The van der Waals surface area contributed by atoms with E-state index in [2.05, 4.69) is 4.98 Å². The maximum Gasteiger partial charge on any atom is 0.411 e. The van der Waals surface area contributed by atoms with Gasteiger partial charge in [-0.15, -0.1) is 0 Å². The summed E-state index contributed by atoms with van der Waals surface area (Å²) in [5.41, 5.74) is 1.04. The Morgan fingerprint density at radius 3 is 2.38 bits per heavy atom. The number of nitrogens with zero attached hydrogens (tertiary/aromatic N) is 5. The van der Waals surface area contributed by atoms with Crippen molar-refractivity contribution in [2.45, 2.75) is 91.0 Å². The number of amides is 3. The zero-order valence-electron chi connectivity index (χ0n) is 28.0. The van der Waals surface area contributed by atoms with Crippen LogP contribution in [0.5, 0.6) is 0 Å². The normalized spacial score (nSPS) is 21.2. The molecule has 0 unspecified atom stereocenters. The summed E-state index contributed by atoms with van der Waals surface area (Å²) >= 11 is 0. The highest BCUT2D eigenvalue weighted by Crippen LogP contribution is 2.42. The van der Waals surface area contributed by atoms with Gasteiger partial charge in [-0.2, -0.15) is 0 Å². The Bertz CT molecular complexity index is 1710. The van der Waals surface area contributed by atoms with E-state index in [1.54, 1.807) is 50.0 Å². The Morgan fingerprint density at radius 1 is 1.04 bits per heavy atom. The van der Waals surface area contributed by atoms with E-state index in [0.29, 0.717) is 28.7 Å². The number of rotatable bonds is 7. The Morgan fingerprint density at radius 2 is 1.74 bits per heavy atom. The molecule has 3 aromatic rings. The van der Waals surface area contributed by atoms with Crippen molar-refractivity contribution in [3.8, 4) is 5.69 Å². The molecule has 47 heavy (non-hydrogen) atoms. The molecule has 3 amide bonds. The molecule has 1 aromatic carbocycles. The van der Waals surface area contributed by atoms with Crippen molar-refractivity contribution >= 4 is 34.6 Å². The van der Waals surface area contributed by atoms with E-state index in [1.807, 2.05) is 41.5 Å². The first-order chi connectivity index (χ1) is 22.3. The van der Waals surface area contributed by atoms with Gasteiger partial charge in [-0.05, 0) is 97.4 Å². The monoisotopic (exact) mass is 645 g/mol. The average Bonchev–Trinajstić information content (AvgIpc) is 3.39. The first-order valence-electron chi connectivity index (χ1n) is 16.7. The molecule has 3 aliphatic heterocycles. The number of hydrogen-bond donors (Lipinski definition) is 0. The number of fused-ring (bicyclic) bond motifs is 4. The minimum atomic E-state index is -0.671. The van der Waals surface area contributed by atoms with Gasteiger partial charge in [0.1, 0.15) is 17.5 Å². The molecule has 4 fully saturated rings. The summed E-state index contributed by atoms with van der Waals surface area (Å²) in [7, 11) is 0. The van der Waals surface area contributed by atoms with E-state index in [-0.39, 0.29) is 54.3 Å². The molecule has 5 heterocycles. The number of ether oxygens (including phenoxy) is 1. The lowest BCUT2D eigenvalue weighted by atomic mass is 9.74. The zero-order chi connectivity index (χ0) is 33.8. The van der Waals surface area contributed by atoms with Crippen molar-refractivity contribution in [3.05, 3.63) is 59.8 Å². The number of halogens is 1. The number of piperidine rings is 2. The van der Waals surface area contributed by atoms with Crippen molar-refractivity contribution in [2.75, 3.05) is 19.6 Å². The highest BCUT2D eigenvalue weighted by molar-refractivity contribution is 6.10. The average molecular weight is 646 g/mol. The molecule has 3 saturated heterocycles. The Kier molecular flexibility index (Phi) is 8.61. The zero-order valence-corrected chi connectivity index (χ0v) is 28.0. The number of ketones is 1. The van der Waals surface area contributed by atoms with E-state index >= 15 is 0 Å². The lowest BCUT2D eigenvalue weighted by Gasteiger charge is -2.52. The van der Waals surface area contributed by atoms with Crippen LogP contribution in [-0.2, 0) is 9.53 Å². The second kappa shape index (κ2) is 12.4. The standard InChI is InChI=1S/C36H44FN5O5/c1-7-40(21(2)3)33(44)27-16-24(37)10-13-29(27)41-20-28(26-14-15-38-17-30(26)41)32(43)23-18-39(19-23)34(45)31-22-8-11-25(12-9-22)42(31)35(46)47-36(4,5)6/h10,13-17,20-23,25,31H,7-9,11-12,18-19H2,1-6H3/t22?,25?,31-/m1/s1. The number of benzene rings is 1. The highest BCUT2D eigenvalue weighted by Gasteiger charge is 2.52. The van der Waals surface area contributed by atoms with Crippen LogP contribution in [0, 0.1) is 17.7 Å². The van der Waals surface area contributed by atoms with Gasteiger partial charge in [-0.3, -0.25) is 24.3 Å². The molecule has 2 aromatic heterocycles. The topological polar surface area (TPSA) is 105 Å². The van der Waals surface area contributed by atoms with Gasteiger partial charge in [0.15, 0.2) is 5.78 Å². The van der Waals surface area contributed by atoms with Crippen LogP contribution in [0.25, 0.3) is 16.6 Å². The molecule has 0 radical (unpaired) electrons. The summed E-state index contributed by atoms with van der Waals surface area (Å²) in [5.74, 6) is -1.43. The third-order valence-electron chi connectivity index (χ3n) is 9.85. The summed E-state index contributed by atoms with van der Waals surface area (Å²) in [6, 6.07) is 5.16. The van der Waals surface area contributed by atoms with E-state index < -0.39 is 29.5 Å². The predicted molar refractivity (Wildman–Crippen MR) is 175 cm³/mol. The first-order valence-corrected chi connectivity index (χ1v) is 16.7. The summed E-state index contributed by atoms with van der Waals surface area (Å²) in [6.45, 7) is 12.1. The van der Waals surface area contributed by atoms with Crippen LogP contribution >= 0.6 is 0 Å². The quantitative estimate of drug-likeness (QED) is 0.299. The fourth-order valence-corrected chi connectivity index (χ4v) is 7.54. The van der Waals surface area contributed by atoms with Crippen LogP contribution in [0.1, 0.15) is 87.9 Å². The van der Waals surface area contributed by atoms with Crippen LogP contribution in [0.3, 0.4) is 0 Å². The molecule has 1 aliphatic carbocycles. The summed E-state index contributed by atoms with van der Waals surface area (Å²) < 4.78 is 22.0.